The van der Waals surface area contributed by atoms with E-state index in [0.717, 1.165) is 29.4 Å². The smallest absolute Gasteiger partial charge is 0.118 e. The van der Waals surface area contributed by atoms with Crippen LogP contribution in [0.2, 0.25) is 0 Å². The Hall–Kier alpha value is -1.24. The molecule has 1 nitrogen and oxygen atoms in total. The van der Waals surface area contributed by atoms with Gasteiger partial charge in [-0.2, -0.15) is 0 Å². The van der Waals surface area contributed by atoms with E-state index in [2.05, 4.69) is 36.9 Å². The van der Waals surface area contributed by atoms with Gasteiger partial charge in [0.15, 0.2) is 0 Å². The summed E-state index contributed by atoms with van der Waals surface area (Å²) in [6, 6.07) is 8.79. The number of hydrogen-bond acceptors (Lipinski definition) is 1. The van der Waals surface area contributed by atoms with Crippen molar-refractivity contribution in [1.29, 1.82) is 0 Å². The first-order chi connectivity index (χ1) is 10.8. The van der Waals surface area contributed by atoms with Gasteiger partial charge < -0.3 is 4.74 Å². The lowest BCUT2D eigenvalue weighted by Gasteiger charge is -2.42. The van der Waals surface area contributed by atoms with Crippen molar-refractivity contribution in [3.05, 3.63) is 42.5 Å². The zero-order valence-corrected chi connectivity index (χ0v) is 14.0. The van der Waals surface area contributed by atoms with E-state index in [1.54, 1.807) is 7.11 Å². The van der Waals surface area contributed by atoms with Crippen LogP contribution in [0.4, 0.5) is 0 Å². The lowest BCUT2D eigenvalue weighted by atomic mass is 9.63. The summed E-state index contributed by atoms with van der Waals surface area (Å²) in [5.74, 6) is 4.69. The second-order valence-electron chi connectivity index (χ2n) is 7.35. The Balaban J connectivity index is 1.57. The molecule has 0 radical (unpaired) electrons. The molecule has 4 unspecified atom stereocenters. The number of rotatable bonds is 5. The molecule has 0 bridgehead atoms. The maximum absolute atomic E-state index is 5.28. The highest BCUT2D eigenvalue weighted by Gasteiger charge is 2.35. The molecule has 0 amide bonds. The number of benzene rings is 1. The van der Waals surface area contributed by atoms with Gasteiger partial charge in [-0.25, -0.2) is 0 Å². The van der Waals surface area contributed by atoms with Crippen molar-refractivity contribution in [2.45, 2.75) is 57.3 Å². The van der Waals surface area contributed by atoms with Gasteiger partial charge in [0.05, 0.1) is 7.11 Å². The first-order valence-electron chi connectivity index (χ1n) is 9.05. The van der Waals surface area contributed by atoms with Crippen LogP contribution in [-0.4, -0.2) is 7.11 Å². The summed E-state index contributed by atoms with van der Waals surface area (Å²) >= 11 is 0. The summed E-state index contributed by atoms with van der Waals surface area (Å²) < 4.78 is 5.28. The number of allylic oxidation sites excluding steroid dienone is 1. The third-order valence-corrected chi connectivity index (χ3v) is 6.09. The fourth-order valence-corrected chi connectivity index (χ4v) is 4.78. The normalized spacial score (nSPS) is 31.3. The maximum atomic E-state index is 5.28. The minimum absolute atomic E-state index is 0.775. The summed E-state index contributed by atoms with van der Waals surface area (Å²) in [6.07, 6.45) is 13.3. The van der Waals surface area contributed by atoms with Crippen molar-refractivity contribution in [1.82, 2.24) is 0 Å². The summed E-state index contributed by atoms with van der Waals surface area (Å²) in [7, 11) is 1.74. The third kappa shape index (κ3) is 3.56. The molecule has 120 valence electrons. The monoisotopic (exact) mass is 298 g/mol. The van der Waals surface area contributed by atoms with E-state index in [0.29, 0.717) is 0 Å². The second kappa shape index (κ2) is 7.35. The molecular formula is C21H30O. The molecular weight excluding hydrogens is 268 g/mol. The van der Waals surface area contributed by atoms with Crippen molar-refractivity contribution in [2.24, 2.45) is 17.8 Å². The van der Waals surface area contributed by atoms with Crippen LogP contribution in [-0.2, 0) is 0 Å². The predicted octanol–water partition coefficient (Wildman–Crippen LogP) is 5.96. The standard InChI is InChI=1S/C21H30O/c1-3-4-5-16-6-7-20-15-19(9-8-18(20)14-16)17-10-12-21(22-2)13-11-17/h3,10-13,16,18-20H,1,4-9,14-15H2,2H3. The van der Waals surface area contributed by atoms with Gasteiger partial charge in [0.2, 0.25) is 0 Å². The Morgan fingerprint density at radius 2 is 1.77 bits per heavy atom. The van der Waals surface area contributed by atoms with Crippen LogP contribution in [0.25, 0.3) is 0 Å². The molecule has 4 atom stereocenters. The largest absolute Gasteiger partial charge is 0.497 e. The van der Waals surface area contributed by atoms with Gasteiger partial charge in [-0.15, -0.1) is 6.58 Å². The third-order valence-electron chi connectivity index (χ3n) is 6.09. The van der Waals surface area contributed by atoms with Crippen LogP contribution < -0.4 is 4.74 Å². The molecule has 22 heavy (non-hydrogen) atoms. The van der Waals surface area contributed by atoms with E-state index in [-0.39, 0.29) is 0 Å². The molecule has 3 rings (SSSR count). The van der Waals surface area contributed by atoms with Crippen LogP contribution in [0.15, 0.2) is 36.9 Å². The minimum atomic E-state index is 0.775. The molecule has 0 saturated heterocycles. The molecule has 0 heterocycles. The fourth-order valence-electron chi connectivity index (χ4n) is 4.78. The van der Waals surface area contributed by atoms with E-state index in [9.17, 15) is 0 Å². The molecule has 0 aromatic heterocycles. The average molecular weight is 298 g/mol. The fraction of sp³-hybridized carbons (Fsp3) is 0.619. The van der Waals surface area contributed by atoms with Crippen LogP contribution >= 0.6 is 0 Å². The molecule has 2 saturated carbocycles. The predicted molar refractivity (Wildman–Crippen MR) is 93.3 cm³/mol. The highest BCUT2D eigenvalue weighted by atomic mass is 16.5. The Morgan fingerprint density at radius 1 is 1.05 bits per heavy atom. The Morgan fingerprint density at radius 3 is 2.50 bits per heavy atom. The van der Waals surface area contributed by atoms with Gasteiger partial charge in [0, 0.05) is 0 Å². The summed E-state index contributed by atoms with van der Waals surface area (Å²) in [6.45, 7) is 3.87. The zero-order chi connectivity index (χ0) is 15.4. The van der Waals surface area contributed by atoms with E-state index in [4.69, 9.17) is 4.74 Å². The highest BCUT2D eigenvalue weighted by molar-refractivity contribution is 5.29. The molecule has 1 aromatic rings. The topological polar surface area (TPSA) is 9.23 Å². The summed E-state index contributed by atoms with van der Waals surface area (Å²) in [5.41, 5.74) is 1.52. The van der Waals surface area contributed by atoms with Crippen molar-refractivity contribution in [2.75, 3.05) is 7.11 Å². The lowest BCUT2D eigenvalue weighted by Crippen LogP contribution is -2.30. The molecule has 0 N–H and O–H groups in total. The lowest BCUT2D eigenvalue weighted by molar-refractivity contribution is 0.115. The van der Waals surface area contributed by atoms with Gasteiger partial charge in [0.1, 0.15) is 5.75 Å². The van der Waals surface area contributed by atoms with E-state index >= 15 is 0 Å². The van der Waals surface area contributed by atoms with Crippen molar-refractivity contribution in [3.8, 4) is 5.75 Å². The van der Waals surface area contributed by atoms with Crippen LogP contribution in [0.3, 0.4) is 0 Å². The molecule has 1 heteroatoms. The number of ether oxygens (including phenoxy) is 1. The van der Waals surface area contributed by atoms with Gasteiger partial charge in [0.25, 0.3) is 0 Å². The highest BCUT2D eigenvalue weighted by Crippen LogP contribution is 2.48. The molecule has 2 aliphatic carbocycles. The first-order valence-corrected chi connectivity index (χ1v) is 9.05. The molecule has 2 aliphatic rings. The zero-order valence-electron chi connectivity index (χ0n) is 14.0. The van der Waals surface area contributed by atoms with Gasteiger partial charge in [-0.3, -0.25) is 0 Å². The van der Waals surface area contributed by atoms with Crippen molar-refractivity contribution < 1.29 is 4.74 Å². The molecule has 0 spiro atoms. The van der Waals surface area contributed by atoms with Gasteiger partial charge >= 0.3 is 0 Å². The Kier molecular flexibility index (Phi) is 5.23. The van der Waals surface area contributed by atoms with Crippen molar-refractivity contribution in [3.63, 3.8) is 0 Å². The number of fused-ring (bicyclic) bond motifs is 1. The molecule has 0 aliphatic heterocycles. The van der Waals surface area contributed by atoms with Gasteiger partial charge in [-0.05, 0) is 86.3 Å². The maximum Gasteiger partial charge on any atom is 0.118 e. The summed E-state index contributed by atoms with van der Waals surface area (Å²) in [5, 5.41) is 0. The quantitative estimate of drug-likeness (QED) is 0.609. The number of hydrogen-bond donors (Lipinski definition) is 0. The molecule has 2 fully saturated rings. The first kappa shape index (κ1) is 15.6. The average Bonchev–Trinajstić information content (AvgIpc) is 2.59. The minimum Gasteiger partial charge on any atom is -0.497 e. The van der Waals surface area contributed by atoms with Gasteiger partial charge in [-0.1, -0.05) is 24.6 Å². The second-order valence-corrected chi connectivity index (χ2v) is 7.35. The van der Waals surface area contributed by atoms with E-state index in [1.807, 2.05) is 0 Å². The van der Waals surface area contributed by atoms with E-state index < -0.39 is 0 Å². The van der Waals surface area contributed by atoms with Crippen molar-refractivity contribution >= 4 is 0 Å². The van der Waals surface area contributed by atoms with Crippen LogP contribution in [0.1, 0.15) is 62.8 Å². The molecule has 1 aromatic carbocycles. The summed E-state index contributed by atoms with van der Waals surface area (Å²) in [4.78, 5) is 0. The Bertz CT molecular complexity index is 475. The SMILES string of the molecule is C=CCCC1CCC2CC(c3ccc(OC)cc3)CCC2C1. The van der Waals surface area contributed by atoms with Crippen LogP contribution in [0.5, 0.6) is 5.75 Å². The van der Waals surface area contributed by atoms with E-state index in [1.165, 1.54) is 56.9 Å². The number of methoxy groups -OCH3 is 1. The van der Waals surface area contributed by atoms with Crippen LogP contribution in [0, 0.1) is 17.8 Å². The Labute approximate surface area is 135 Å².